The zero-order valence-electron chi connectivity index (χ0n) is 8.56. The highest BCUT2D eigenvalue weighted by atomic mass is 32.2. The lowest BCUT2D eigenvalue weighted by Gasteiger charge is -2.09. The van der Waals surface area contributed by atoms with Gasteiger partial charge >= 0.3 is 5.97 Å². The van der Waals surface area contributed by atoms with Gasteiger partial charge in [-0.2, -0.15) is 0 Å². The first-order valence-electron chi connectivity index (χ1n) is 4.71. The monoisotopic (exact) mass is 224 g/mol. The van der Waals surface area contributed by atoms with Gasteiger partial charge in [0.05, 0.1) is 13.0 Å². The van der Waals surface area contributed by atoms with Crippen LogP contribution in [0.3, 0.4) is 0 Å². The summed E-state index contributed by atoms with van der Waals surface area (Å²) in [5.74, 6) is -0.366. The van der Waals surface area contributed by atoms with Crippen molar-refractivity contribution in [3.8, 4) is 5.75 Å². The largest absolute Gasteiger partial charge is 0.497 e. The summed E-state index contributed by atoms with van der Waals surface area (Å²) in [5.41, 5.74) is 0.904. The van der Waals surface area contributed by atoms with Crippen LogP contribution in [-0.2, 0) is 4.79 Å². The van der Waals surface area contributed by atoms with Crippen molar-refractivity contribution in [1.29, 1.82) is 0 Å². The number of carboxylic acid groups (broad SMARTS) is 1. The summed E-state index contributed by atoms with van der Waals surface area (Å²) < 4.78 is 5.11. The molecule has 1 N–H and O–H groups in total. The van der Waals surface area contributed by atoms with Gasteiger partial charge in [-0.15, -0.1) is 11.8 Å². The fourth-order valence-electron chi connectivity index (χ4n) is 1.86. The summed E-state index contributed by atoms with van der Waals surface area (Å²) >= 11 is 1.60. The Bertz CT molecular complexity index is 403. The smallest absolute Gasteiger partial charge is 0.312 e. The van der Waals surface area contributed by atoms with Crippen LogP contribution in [0.5, 0.6) is 5.75 Å². The highest BCUT2D eigenvalue weighted by Gasteiger charge is 2.35. The van der Waals surface area contributed by atoms with Crippen LogP contribution in [0.25, 0.3) is 0 Å². The Morgan fingerprint density at radius 3 is 2.87 bits per heavy atom. The van der Waals surface area contributed by atoms with Gasteiger partial charge < -0.3 is 9.84 Å². The SMILES string of the molecule is COc1ccc2c(c1)SC(C)C2C(=O)O. The highest BCUT2D eigenvalue weighted by molar-refractivity contribution is 8.00. The number of hydrogen-bond donors (Lipinski definition) is 1. The van der Waals surface area contributed by atoms with Crippen molar-refractivity contribution in [3.05, 3.63) is 23.8 Å². The van der Waals surface area contributed by atoms with Crippen molar-refractivity contribution in [2.24, 2.45) is 0 Å². The fraction of sp³-hybridized carbons (Fsp3) is 0.364. The summed E-state index contributed by atoms with van der Waals surface area (Å²) in [7, 11) is 1.61. The number of ether oxygens (including phenoxy) is 1. The van der Waals surface area contributed by atoms with Crippen LogP contribution in [0.4, 0.5) is 0 Å². The molecule has 0 aliphatic carbocycles. The van der Waals surface area contributed by atoms with E-state index in [0.29, 0.717) is 0 Å². The molecule has 2 atom stereocenters. The molecule has 1 heterocycles. The van der Waals surface area contributed by atoms with Crippen molar-refractivity contribution < 1.29 is 14.6 Å². The van der Waals surface area contributed by atoms with Gasteiger partial charge in [0.15, 0.2) is 0 Å². The maximum absolute atomic E-state index is 11.1. The Morgan fingerprint density at radius 2 is 2.27 bits per heavy atom. The number of thioether (sulfide) groups is 1. The molecule has 0 fully saturated rings. The van der Waals surface area contributed by atoms with E-state index in [2.05, 4.69) is 0 Å². The van der Waals surface area contributed by atoms with Gasteiger partial charge in [0, 0.05) is 10.1 Å². The molecule has 1 aromatic carbocycles. The molecule has 1 aromatic rings. The Balaban J connectivity index is 2.43. The second kappa shape index (κ2) is 3.77. The van der Waals surface area contributed by atoms with Gasteiger partial charge in [0.1, 0.15) is 5.75 Å². The maximum Gasteiger partial charge on any atom is 0.312 e. The van der Waals surface area contributed by atoms with Crippen LogP contribution in [0.1, 0.15) is 18.4 Å². The summed E-state index contributed by atoms with van der Waals surface area (Å²) in [4.78, 5) is 12.1. The van der Waals surface area contributed by atoms with Gasteiger partial charge in [-0.3, -0.25) is 4.79 Å². The Morgan fingerprint density at radius 1 is 1.53 bits per heavy atom. The lowest BCUT2D eigenvalue weighted by atomic mass is 9.97. The third kappa shape index (κ3) is 1.69. The summed E-state index contributed by atoms with van der Waals surface area (Å²) in [6.45, 7) is 1.94. The number of aliphatic carboxylic acids is 1. The summed E-state index contributed by atoms with van der Waals surface area (Å²) in [6.07, 6.45) is 0. The molecule has 0 spiro atoms. The zero-order valence-corrected chi connectivity index (χ0v) is 9.38. The number of benzene rings is 1. The van der Waals surface area contributed by atoms with E-state index in [9.17, 15) is 4.79 Å². The van der Waals surface area contributed by atoms with Gasteiger partial charge in [-0.05, 0) is 17.7 Å². The molecular weight excluding hydrogens is 212 g/mol. The number of rotatable bonds is 2. The van der Waals surface area contributed by atoms with E-state index in [0.717, 1.165) is 16.2 Å². The molecule has 15 heavy (non-hydrogen) atoms. The van der Waals surface area contributed by atoms with Crippen molar-refractivity contribution in [2.75, 3.05) is 7.11 Å². The van der Waals surface area contributed by atoms with Crippen LogP contribution < -0.4 is 4.74 Å². The van der Waals surface area contributed by atoms with Gasteiger partial charge in [-0.25, -0.2) is 0 Å². The van der Waals surface area contributed by atoms with Crippen molar-refractivity contribution in [2.45, 2.75) is 23.0 Å². The van der Waals surface area contributed by atoms with Crippen LogP contribution in [0.2, 0.25) is 0 Å². The molecule has 1 aliphatic heterocycles. The van der Waals surface area contributed by atoms with E-state index in [4.69, 9.17) is 9.84 Å². The number of hydrogen-bond acceptors (Lipinski definition) is 3. The van der Waals surface area contributed by atoms with E-state index < -0.39 is 11.9 Å². The molecule has 2 unspecified atom stereocenters. The average Bonchev–Trinajstić information content (AvgIpc) is 2.52. The predicted octanol–water partition coefficient (Wildman–Crippen LogP) is 2.36. The molecule has 0 bridgehead atoms. The molecule has 1 aliphatic rings. The lowest BCUT2D eigenvalue weighted by Crippen LogP contribution is -2.16. The molecule has 0 saturated heterocycles. The molecule has 0 aromatic heterocycles. The standard InChI is InChI=1S/C11H12O3S/c1-6-10(11(12)13)8-4-3-7(14-2)5-9(8)15-6/h3-6,10H,1-2H3,(H,12,13). The number of fused-ring (bicyclic) bond motifs is 1. The van der Waals surface area contributed by atoms with Crippen LogP contribution in [0.15, 0.2) is 23.1 Å². The van der Waals surface area contributed by atoms with E-state index in [1.807, 2.05) is 25.1 Å². The maximum atomic E-state index is 11.1. The minimum Gasteiger partial charge on any atom is -0.497 e. The van der Waals surface area contributed by atoms with Crippen molar-refractivity contribution in [3.63, 3.8) is 0 Å². The third-order valence-corrected chi connectivity index (χ3v) is 3.86. The number of methoxy groups -OCH3 is 1. The van der Waals surface area contributed by atoms with E-state index in [1.54, 1.807) is 18.9 Å². The Kier molecular flexibility index (Phi) is 2.61. The van der Waals surface area contributed by atoms with E-state index >= 15 is 0 Å². The molecule has 80 valence electrons. The van der Waals surface area contributed by atoms with Gasteiger partial charge in [0.25, 0.3) is 0 Å². The first-order chi connectivity index (χ1) is 7.13. The highest BCUT2D eigenvalue weighted by Crippen LogP contribution is 2.46. The molecule has 3 nitrogen and oxygen atoms in total. The normalized spacial score (nSPS) is 23.6. The minimum atomic E-state index is -0.751. The van der Waals surface area contributed by atoms with E-state index in [-0.39, 0.29) is 5.25 Å². The Labute approximate surface area is 92.4 Å². The first kappa shape index (κ1) is 10.4. The van der Waals surface area contributed by atoms with Crippen LogP contribution in [0, 0.1) is 0 Å². The fourth-order valence-corrected chi connectivity index (χ4v) is 3.17. The Hall–Kier alpha value is -1.16. The second-order valence-corrected chi connectivity index (χ2v) is 4.96. The quantitative estimate of drug-likeness (QED) is 0.837. The topological polar surface area (TPSA) is 46.5 Å². The minimum absolute atomic E-state index is 0.0876. The number of carbonyl (C=O) groups is 1. The molecule has 2 rings (SSSR count). The molecule has 0 saturated carbocycles. The zero-order chi connectivity index (χ0) is 11.0. The first-order valence-corrected chi connectivity index (χ1v) is 5.59. The summed E-state index contributed by atoms with van der Waals surface area (Å²) in [6, 6.07) is 5.57. The summed E-state index contributed by atoms with van der Waals surface area (Å²) in [5, 5.41) is 9.20. The lowest BCUT2D eigenvalue weighted by molar-refractivity contribution is -0.138. The van der Waals surface area contributed by atoms with Crippen molar-refractivity contribution in [1.82, 2.24) is 0 Å². The predicted molar refractivity (Wildman–Crippen MR) is 58.7 cm³/mol. The second-order valence-electron chi connectivity index (χ2n) is 3.54. The molecule has 0 amide bonds. The molecular formula is C11H12O3S. The van der Waals surface area contributed by atoms with Gasteiger partial charge in [-0.1, -0.05) is 13.0 Å². The molecule has 4 heteroatoms. The van der Waals surface area contributed by atoms with Gasteiger partial charge in [0.2, 0.25) is 0 Å². The average molecular weight is 224 g/mol. The van der Waals surface area contributed by atoms with Crippen LogP contribution >= 0.6 is 11.8 Å². The molecule has 0 radical (unpaired) electrons. The number of carboxylic acids is 1. The third-order valence-electron chi connectivity index (χ3n) is 2.60. The van der Waals surface area contributed by atoms with Crippen LogP contribution in [-0.4, -0.2) is 23.4 Å². The van der Waals surface area contributed by atoms with E-state index in [1.165, 1.54) is 0 Å². The van der Waals surface area contributed by atoms with Crippen molar-refractivity contribution >= 4 is 17.7 Å².